The average Bonchev–Trinajstić information content (AvgIpc) is 2.49. The quantitative estimate of drug-likeness (QED) is 0.838. The van der Waals surface area contributed by atoms with Gasteiger partial charge in [-0.3, -0.25) is 0 Å². The summed E-state index contributed by atoms with van der Waals surface area (Å²) in [5.41, 5.74) is 2.34. The van der Waals surface area contributed by atoms with Crippen LogP contribution in [0.1, 0.15) is 37.7 Å². The van der Waals surface area contributed by atoms with Crippen molar-refractivity contribution in [3.05, 3.63) is 29.8 Å². The van der Waals surface area contributed by atoms with E-state index < -0.39 is 0 Å². The zero-order valence-electron chi connectivity index (χ0n) is 11.4. The molecule has 19 heavy (non-hydrogen) atoms. The third kappa shape index (κ3) is 2.33. The molecule has 3 nitrogen and oxygen atoms in total. The van der Waals surface area contributed by atoms with Crippen LogP contribution in [0.3, 0.4) is 0 Å². The highest BCUT2D eigenvalue weighted by Gasteiger charge is 2.39. The summed E-state index contributed by atoms with van der Waals surface area (Å²) in [6, 6.07) is 10.3. The lowest BCUT2D eigenvalue weighted by Crippen LogP contribution is -2.62. The Labute approximate surface area is 115 Å². The van der Waals surface area contributed by atoms with Gasteiger partial charge in [0.25, 0.3) is 0 Å². The number of hydrogen-bond donors (Lipinski definition) is 1. The van der Waals surface area contributed by atoms with Gasteiger partial charge in [0.2, 0.25) is 0 Å². The van der Waals surface area contributed by atoms with Crippen LogP contribution in [0.25, 0.3) is 0 Å². The van der Waals surface area contributed by atoms with E-state index in [2.05, 4.69) is 28.4 Å². The SMILES string of the molecule is N#Cc1ccc(N2CCNCC23CCCCC3)cc1. The summed E-state index contributed by atoms with van der Waals surface area (Å²) < 4.78 is 0. The number of piperazine rings is 1. The Morgan fingerprint density at radius 3 is 2.53 bits per heavy atom. The van der Waals surface area contributed by atoms with Gasteiger partial charge >= 0.3 is 0 Å². The molecule has 0 amide bonds. The van der Waals surface area contributed by atoms with Gasteiger partial charge in [-0.25, -0.2) is 0 Å². The standard InChI is InChI=1S/C16H21N3/c17-12-14-4-6-15(7-5-14)19-11-10-18-13-16(19)8-2-1-3-9-16/h4-7,18H,1-3,8-11,13H2. The van der Waals surface area contributed by atoms with E-state index >= 15 is 0 Å². The first-order valence-corrected chi connectivity index (χ1v) is 7.33. The highest BCUT2D eigenvalue weighted by Crippen LogP contribution is 2.37. The number of rotatable bonds is 1. The Bertz CT molecular complexity index is 457. The zero-order chi connectivity index (χ0) is 13.1. The Morgan fingerprint density at radius 1 is 1.11 bits per heavy atom. The molecule has 3 rings (SSSR count). The van der Waals surface area contributed by atoms with E-state index in [1.54, 1.807) is 0 Å². The van der Waals surface area contributed by atoms with Crippen molar-refractivity contribution in [1.29, 1.82) is 5.26 Å². The Hall–Kier alpha value is -1.53. The minimum atomic E-state index is 0.310. The first-order chi connectivity index (χ1) is 9.34. The summed E-state index contributed by atoms with van der Waals surface area (Å²) in [5.74, 6) is 0. The summed E-state index contributed by atoms with van der Waals surface area (Å²) >= 11 is 0. The number of hydrogen-bond acceptors (Lipinski definition) is 3. The fourth-order valence-electron chi connectivity index (χ4n) is 3.62. The summed E-state index contributed by atoms with van der Waals surface area (Å²) in [5, 5.41) is 12.5. The molecule has 1 aliphatic carbocycles. The lowest BCUT2D eigenvalue weighted by Gasteiger charge is -2.51. The van der Waals surface area contributed by atoms with Crippen LogP contribution in [0.15, 0.2) is 24.3 Å². The summed E-state index contributed by atoms with van der Waals surface area (Å²) in [4.78, 5) is 2.59. The molecule has 0 atom stereocenters. The van der Waals surface area contributed by atoms with E-state index in [4.69, 9.17) is 5.26 Å². The lowest BCUT2D eigenvalue weighted by molar-refractivity contribution is 0.241. The first kappa shape index (κ1) is 12.5. The molecule has 3 heteroatoms. The fraction of sp³-hybridized carbons (Fsp3) is 0.562. The molecule has 1 saturated carbocycles. The van der Waals surface area contributed by atoms with Gasteiger partial charge in [-0.1, -0.05) is 19.3 Å². The maximum atomic E-state index is 8.91. The van der Waals surface area contributed by atoms with Gasteiger partial charge in [-0.05, 0) is 37.1 Å². The molecule has 1 saturated heterocycles. The third-order valence-corrected chi connectivity index (χ3v) is 4.63. The van der Waals surface area contributed by atoms with Gasteiger partial charge in [-0.2, -0.15) is 5.26 Å². The molecule has 2 aliphatic rings. The van der Waals surface area contributed by atoms with Crippen LogP contribution in [0.5, 0.6) is 0 Å². The molecule has 0 aromatic heterocycles. The van der Waals surface area contributed by atoms with Crippen molar-refractivity contribution in [2.45, 2.75) is 37.6 Å². The van der Waals surface area contributed by atoms with Crippen LogP contribution in [0.4, 0.5) is 5.69 Å². The molecule has 1 aromatic carbocycles. The number of anilines is 1. The molecular formula is C16H21N3. The smallest absolute Gasteiger partial charge is 0.0991 e. The van der Waals surface area contributed by atoms with Gasteiger partial charge in [0.1, 0.15) is 0 Å². The number of nitrogens with one attached hydrogen (secondary N) is 1. The van der Waals surface area contributed by atoms with Crippen LogP contribution in [0.2, 0.25) is 0 Å². The van der Waals surface area contributed by atoms with Gasteiger partial charge in [-0.15, -0.1) is 0 Å². The Morgan fingerprint density at radius 2 is 1.84 bits per heavy atom. The van der Waals surface area contributed by atoms with E-state index in [1.165, 1.54) is 37.8 Å². The molecule has 1 aliphatic heterocycles. The van der Waals surface area contributed by atoms with E-state index in [-0.39, 0.29) is 0 Å². The van der Waals surface area contributed by atoms with E-state index in [0.29, 0.717) is 5.54 Å². The van der Waals surface area contributed by atoms with Crippen molar-refractivity contribution in [2.24, 2.45) is 0 Å². The molecule has 1 aromatic rings. The fourth-order valence-corrected chi connectivity index (χ4v) is 3.62. The van der Waals surface area contributed by atoms with Crippen molar-refractivity contribution in [3.8, 4) is 6.07 Å². The second kappa shape index (κ2) is 5.22. The molecule has 1 N–H and O–H groups in total. The van der Waals surface area contributed by atoms with Gasteiger partial charge in [0.15, 0.2) is 0 Å². The minimum absolute atomic E-state index is 0.310. The van der Waals surface area contributed by atoms with Crippen LogP contribution in [0, 0.1) is 11.3 Å². The van der Waals surface area contributed by atoms with Crippen molar-refractivity contribution >= 4 is 5.69 Å². The Kier molecular flexibility index (Phi) is 3.44. The van der Waals surface area contributed by atoms with E-state index in [0.717, 1.165) is 25.2 Å². The van der Waals surface area contributed by atoms with Crippen LogP contribution < -0.4 is 10.2 Å². The molecule has 0 radical (unpaired) electrons. The van der Waals surface area contributed by atoms with Crippen LogP contribution >= 0.6 is 0 Å². The minimum Gasteiger partial charge on any atom is -0.363 e. The largest absolute Gasteiger partial charge is 0.363 e. The number of nitrogens with zero attached hydrogens (tertiary/aromatic N) is 2. The maximum absolute atomic E-state index is 8.91. The lowest BCUT2D eigenvalue weighted by atomic mass is 9.78. The predicted octanol–water partition coefficient (Wildman–Crippen LogP) is 2.67. The third-order valence-electron chi connectivity index (χ3n) is 4.63. The topological polar surface area (TPSA) is 39.1 Å². The number of benzene rings is 1. The van der Waals surface area contributed by atoms with Crippen LogP contribution in [-0.4, -0.2) is 25.2 Å². The predicted molar refractivity (Wildman–Crippen MR) is 77.2 cm³/mol. The van der Waals surface area contributed by atoms with Gasteiger partial charge in [0.05, 0.1) is 17.2 Å². The van der Waals surface area contributed by atoms with Crippen molar-refractivity contribution < 1.29 is 0 Å². The second-order valence-electron chi connectivity index (χ2n) is 5.77. The second-order valence-corrected chi connectivity index (χ2v) is 5.77. The molecular weight excluding hydrogens is 234 g/mol. The number of nitriles is 1. The monoisotopic (exact) mass is 255 g/mol. The molecule has 100 valence electrons. The highest BCUT2D eigenvalue weighted by atomic mass is 15.3. The normalized spacial score (nSPS) is 22.2. The average molecular weight is 255 g/mol. The molecule has 1 spiro atoms. The van der Waals surface area contributed by atoms with E-state index in [1.807, 2.05) is 12.1 Å². The Balaban J connectivity index is 1.89. The van der Waals surface area contributed by atoms with Crippen molar-refractivity contribution in [2.75, 3.05) is 24.5 Å². The van der Waals surface area contributed by atoms with Gasteiger partial charge in [0, 0.05) is 25.3 Å². The van der Waals surface area contributed by atoms with E-state index in [9.17, 15) is 0 Å². The zero-order valence-corrected chi connectivity index (χ0v) is 11.4. The molecule has 0 unspecified atom stereocenters. The summed E-state index contributed by atoms with van der Waals surface area (Å²) in [6.07, 6.45) is 6.64. The molecule has 2 fully saturated rings. The highest BCUT2D eigenvalue weighted by molar-refractivity contribution is 5.52. The van der Waals surface area contributed by atoms with Crippen LogP contribution in [-0.2, 0) is 0 Å². The summed E-state index contributed by atoms with van der Waals surface area (Å²) in [6.45, 7) is 3.24. The molecule has 1 heterocycles. The van der Waals surface area contributed by atoms with Crippen molar-refractivity contribution in [1.82, 2.24) is 5.32 Å². The molecule has 0 bridgehead atoms. The van der Waals surface area contributed by atoms with Gasteiger partial charge < -0.3 is 10.2 Å². The maximum Gasteiger partial charge on any atom is 0.0991 e. The first-order valence-electron chi connectivity index (χ1n) is 7.33. The van der Waals surface area contributed by atoms with Crippen molar-refractivity contribution in [3.63, 3.8) is 0 Å². The summed E-state index contributed by atoms with van der Waals surface area (Å²) in [7, 11) is 0.